The van der Waals surface area contributed by atoms with Crippen molar-refractivity contribution in [1.29, 1.82) is 0 Å². The van der Waals surface area contributed by atoms with Crippen LogP contribution in [0.2, 0.25) is 5.02 Å². The first-order chi connectivity index (χ1) is 6.79. The van der Waals surface area contributed by atoms with E-state index in [1.807, 2.05) is 12.1 Å². The molecule has 1 aliphatic rings. The lowest BCUT2D eigenvalue weighted by molar-refractivity contribution is 0.539. The van der Waals surface area contributed by atoms with Gasteiger partial charge in [0.2, 0.25) is 6.08 Å². The van der Waals surface area contributed by atoms with Gasteiger partial charge >= 0.3 is 0 Å². The number of aliphatic imine (C=N–C) groups is 1. The van der Waals surface area contributed by atoms with Gasteiger partial charge in [-0.1, -0.05) is 17.7 Å². The molecule has 1 aromatic carbocycles. The Morgan fingerprint density at radius 2 is 2.29 bits per heavy atom. The zero-order valence-corrected chi connectivity index (χ0v) is 8.42. The van der Waals surface area contributed by atoms with Crippen LogP contribution in [0.25, 0.3) is 0 Å². The van der Waals surface area contributed by atoms with E-state index in [0.29, 0.717) is 0 Å². The second-order valence-corrected chi connectivity index (χ2v) is 3.97. The van der Waals surface area contributed by atoms with Crippen molar-refractivity contribution in [3.05, 3.63) is 34.3 Å². The molecule has 3 heteroatoms. The summed E-state index contributed by atoms with van der Waals surface area (Å²) in [5.74, 6) is 0. The van der Waals surface area contributed by atoms with Gasteiger partial charge in [-0.2, -0.15) is 0 Å². The predicted octanol–water partition coefficient (Wildman–Crippen LogP) is 2.53. The molecular weight excluding hydrogens is 198 g/mol. The molecule has 0 radical (unpaired) electrons. The van der Waals surface area contributed by atoms with Gasteiger partial charge in [0.05, 0.1) is 6.04 Å². The van der Waals surface area contributed by atoms with E-state index in [4.69, 9.17) is 11.6 Å². The van der Waals surface area contributed by atoms with E-state index < -0.39 is 0 Å². The maximum Gasteiger partial charge on any atom is 0.235 e. The highest BCUT2D eigenvalue weighted by atomic mass is 35.5. The van der Waals surface area contributed by atoms with Gasteiger partial charge in [0.15, 0.2) is 0 Å². The number of isocyanates is 1. The van der Waals surface area contributed by atoms with Gasteiger partial charge in [-0.3, -0.25) is 0 Å². The molecule has 0 amide bonds. The SMILES string of the molecule is O=C=NC1CCc2ccc(Cl)cc2C1. The molecule has 0 saturated carbocycles. The smallest absolute Gasteiger partial charge is 0.211 e. The summed E-state index contributed by atoms with van der Waals surface area (Å²) in [4.78, 5) is 13.9. The largest absolute Gasteiger partial charge is 0.235 e. The maximum atomic E-state index is 10.1. The highest BCUT2D eigenvalue weighted by molar-refractivity contribution is 6.30. The topological polar surface area (TPSA) is 29.4 Å². The van der Waals surface area contributed by atoms with Crippen LogP contribution < -0.4 is 0 Å². The first-order valence-corrected chi connectivity index (χ1v) is 5.01. The van der Waals surface area contributed by atoms with Gasteiger partial charge in [0.1, 0.15) is 0 Å². The zero-order valence-electron chi connectivity index (χ0n) is 7.66. The molecule has 0 fully saturated rings. The van der Waals surface area contributed by atoms with E-state index in [-0.39, 0.29) is 6.04 Å². The molecule has 0 N–H and O–H groups in total. The molecule has 1 atom stereocenters. The summed E-state index contributed by atoms with van der Waals surface area (Å²) in [5.41, 5.74) is 2.54. The van der Waals surface area contributed by atoms with E-state index in [2.05, 4.69) is 11.1 Å². The van der Waals surface area contributed by atoms with Crippen LogP contribution in [0.4, 0.5) is 0 Å². The first-order valence-electron chi connectivity index (χ1n) is 4.64. The van der Waals surface area contributed by atoms with Crippen molar-refractivity contribution < 1.29 is 4.79 Å². The van der Waals surface area contributed by atoms with Crippen molar-refractivity contribution in [2.24, 2.45) is 4.99 Å². The number of halogens is 1. The molecule has 0 aliphatic heterocycles. The molecule has 0 aromatic heterocycles. The highest BCUT2D eigenvalue weighted by Crippen LogP contribution is 2.25. The van der Waals surface area contributed by atoms with Gasteiger partial charge in [-0.15, -0.1) is 0 Å². The normalized spacial score (nSPS) is 19.6. The lowest BCUT2D eigenvalue weighted by Gasteiger charge is -2.20. The summed E-state index contributed by atoms with van der Waals surface area (Å²) in [6.07, 6.45) is 4.34. The third kappa shape index (κ3) is 1.87. The summed E-state index contributed by atoms with van der Waals surface area (Å²) in [5, 5.41) is 0.750. The number of rotatable bonds is 1. The average Bonchev–Trinajstić information content (AvgIpc) is 2.17. The van der Waals surface area contributed by atoms with E-state index in [0.717, 1.165) is 24.3 Å². The third-order valence-corrected chi connectivity index (χ3v) is 2.84. The Morgan fingerprint density at radius 3 is 3.07 bits per heavy atom. The number of nitrogens with zero attached hydrogens (tertiary/aromatic N) is 1. The number of benzene rings is 1. The standard InChI is InChI=1S/C11H10ClNO/c12-10-3-1-8-2-4-11(13-7-14)6-9(8)5-10/h1,3,5,11H,2,4,6H2. The van der Waals surface area contributed by atoms with Gasteiger partial charge in [0, 0.05) is 5.02 Å². The first kappa shape index (κ1) is 9.45. The van der Waals surface area contributed by atoms with Crippen molar-refractivity contribution in [3.63, 3.8) is 0 Å². The number of fused-ring (bicyclic) bond motifs is 1. The average molecular weight is 208 g/mol. The number of carbonyl (C=O) groups excluding carboxylic acids is 1. The Bertz CT molecular complexity index is 396. The lowest BCUT2D eigenvalue weighted by atomic mass is 9.89. The van der Waals surface area contributed by atoms with Crippen molar-refractivity contribution in [3.8, 4) is 0 Å². The molecule has 0 heterocycles. The number of aryl methyl sites for hydroxylation is 1. The van der Waals surface area contributed by atoms with Crippen LogP contribution in [0.3, 0.4) is 0 Å². The van der Waals surface area contributed by atoms with Gasteiger partial charge in [-0.25, -0.2) is 9.79 Å². The molecule has 2 nitrogen and oxygen atoms in total. The minimum atomic E-state index is 0.0958. The summed E-state index contributed by atoms with van der Waals surface area (Å²) in [7, 11) is 0. The van der Waals surface area contributed by atoms with E-state index in [9.17, 15) is 4.79 Å². The van der Waals surface area contributed by atoms with Crippen LogP contribution in [0.15, 0.2) is 23.2 Å². The Hall–Kier alpha value is -1.11. The minimum Gasteiger partial charge on any atom is -0.211 e. The monoisotopic (exact) mass is 207 g/mol. The van der Waals surface area contributed by atoms with Gasteiger partial charge in [0.25, 0.3) is 0 Å². The summed E-state index contributed by atoms with van der Waals surface area (Å²) in [6.45, 7) is 0. The van der Waals surface area contributed by atoms with Gasteiger partial charge < -0.3 is 0 Å². The van der Waals surface area contributed by atoms with Gasteiger partial charge in [-0.05, 0) is 42.5 Å². The van der Waals surface area contributed by atoms with E-state index in [1.165, 1.54) is 11.1 Å². The molecule has 72 valence electrons. The highest BCUT2D eigenvalue weighted by Gasteiger charge is 2.17. The fourth-order valence-corrected chi connectivity index (χ4v) is 2.09. The van der Waals surface area contributed by atoms with Crippen molar-refractivity contribution in [1.82, 2.24) is 0 Å². The van der Waals surface area contributed by atoms with Crippen molar-refractivity contribution >= 4 is 17.7 Å². The van der Waals surface area contributed by atoms with Crippen LogP contribution in [-0.2, 0) is 17.6 Å². The van der Waals surface area contributed by atoms with E-state index in [1.54, 1.807) is 6.08 Å². The van der Waals surface area contributed by atoms with Crippen LogP contribution in [-0.4, -0.2) is 12.1 Å². The Kier molecular flexibility index (Phi) is 2.67. The van der Waals surface area contributed by atoms with Crippen LogP contribution >= 0.6 is 11.6 Å². The molecule has 0 saturated heterocycles. The molecule has 0 bridgehead atoms. The molecular formula is C11H10ClNO. The van der Waals surface area contributed by atoms with Crippen LogP contribution in [0.1, 0.15) is 17.5 Å². The van der Waals surface area contributed by atoms with Crippen molar-refractivity contribution in [2.45, 2.75) is 25.3 Å². The molecule has 1 aliphatic carbocycles. The Balaban J connectivity index is 2.28. The number of hydrogen-bond acceptors (Lipinski definition) is 2. The molecule has 1 aromatic rings. The summed E-state index contributed by atoms with van der Waals surface area (Å²) < 4.78 is 0. The summed E-state index contributed by atoms with van der Waals surface area (Å²) >= 11 is 5.89. The zero-order chi connectivity index (χ0) is 9.97. The quantitative estimate of drug-likeness (QED) is 0.514. The molecule has 0 spiro atoms. The lowest BCUT2D eigenvalue weighted by Crippen LogP contribution is -2.17. The molecule has 2 rings (SSSR count). The fourth-order valence-electron chi connectivity index (χ4n) is 1.89. The van der Waals surface area contributed by atoms with E-state index >= 15 is 0 Å². The summed E-state index contributed by atoms with van der Waals surface area (Å²) in [6, 6.07) is 6.02. The second kappa shape index (κ2) is 3.95. The fraction of sp³-hybridized carbons (Fsp3) is 0.364. The second-order valence-electron chi connectivity index (χ2n) is 3.53. The van der Waals surface area contributed by atoms with Crippen molar-refractivity contribution in [2.75, 3.05) is 0 Å². The minimum absolute atomic E-state index is 0.0958. The molecule has 1 unspecified atom stereocenters. The third-order valence-electron chi connectivity index (χ3n) is 2.61. The Labute approximate surface area is 87.6 Å². The Morgan fingerprint density at radius 1 is 1.43 bits per heavy atom. The molecule has 14 heavy (non-hydrogen) atoms. The number of hydrogen-bond donors (Lipinski definition) is 0. The predicted molar refractivity (Wildman–Crippen MR) is 55.4 cm³/mol. The maximum absolute atomic E-state index is 10.1. The van der Waals surface area contributed by atoms with Crippen LogP contribution in [0, 0.1) is 0 Å². The van der Waals surface area contributed by atoms with Crippen LogP contribution in [0.5, 0.6) is 0 Å².